The van der Waals surface area contributed by atoms with Gasteiger partial charge in [0, 0.05) is 31.2 Å². The lowest BCUT2D eigenvalue weighted by Crippen LogP contribution is -2.11. The number of ether oxygens (including phenoxy) is 2. The molecule has 0 saturated heterocycles. The predicted molar refractivity (Wildman–Crippen MR) is 142 cm³/mol. The van der Waals surface area contributed by atoms with Crippen LogP contribution in [0.25, 0.3) is 10.9 Å². The van der Waals surface area contributed by atoms with Crippen LogP contribution in [-0.2, 0) is 22.4 Å². The number of carbonyl (C=O) groups is 1. The summed E-state index contributed by atoms with van der Waals surface area (Å²) in [6.07, 6.45) is 1.33. The normalized spacial score (nSPS) is 12.5. The van der Waals surface area contributed by atoms with Crippen molar-refractivity contribution in [2.75, 3.05) is 13.7 Å². The molecule has 5 nitrogen and oxygen atoms in total. The van der Waals surface area contributed by atoms with E-state index in [1.54, 1.807) is 14.0 Å². The van der Waals surface area contributed by atoms with Crippen molar-refractivity contribution < 1.29 is 19.4 Å². The number of H-pyrrole nitrogens is 1. The summed E-state index contributed by atoms with van der Waals surface area (Å²) in [4.78, 5) is 14.8. The summed E-state index contributed by atoms with van der Waals surface area (Å²) in [6, 6.07) is 26.5. The second kappa shape index (κ2) is 12.1. The van der Waals surface area contributed by atoms with Crippen molar-refractivity contribution in [3.8, 4) is 17.6 Å². The minimum Gasteiger partial charge on any atom is -0.485 e. The molecule has 2 unspecified atom stereocenters. The quantitative estimate of drug-likeness (QED) is 0.247. The Kier molecular flexibility index (Phi) is 8.44. The minimum atomic E-state index is -0.865. The number of hydrogen-bond acceptors (Lipinski definition) is 3. The number of rotatable bonds is 11. The van der Waals surface area contributed by atoms with E-state index < -0.39 is 5.97 Å². The number of carboxylic acid groups (broad SMARTS) is 1. The van der Waals surface area contributed by atoms with Crippen LogP contribution in [0.15, 0.2) is 78.9 Å². The molecule has 1 aromatic heterocycles. The highest BCUT2D eigenvalue weighted by Crippen LogP contribution is 2.30. The average Bonchev–Trinajstić information content (AvgIpc) is 3.30. The van der Waals surface area contributed by atoms with E-state index in [4.69, 9.17) is 9.47 Å². The molecule has 0 aliphatic rings. The zero-order valence-corrected chi connectivity index (χ0v) is 20.7. The molecule has 0 spiro atoms. The highest BCUT2D eigenvalue weighted by atomic mass is 16.5. The largest absolute Gasteiger partial charge is 0.485 e. The van der Waals surface area contributed by atoms with Crippen molar-refractivity contribution in [3.05, 3.63) is 101 Å². The fourth-order valence-electron chi connectivity index (χ4n) is 4.35. The van der Waals surface area contributed by atoms with Gasteiger partial charge in [-0.1, -0.05) is 60.5 Å². The van der Waals surface area contributed by atoms with E-state index in [0.717, 1.165) is 39.9 Å². The summed E-state index contributed by atoms with van der Waals surface area (Å²) in [5, 5.41) is 10.4. The van der Waals surface area contributed by atoms with Crippen molar-refractivity contribution in [1.82, 2.24) is 4.98 Å². The number of aromatic nitrogens is 1. The molecule has 2 N–H and O–H groups in total. The van der Waals surface area contributed by atoms with Crippen molar-refractivity contribution >= 4 is 16.9 Å². The van der Waals surface area contributed by atoms with Crippen LogP contribution in [0.4, 0.5) is 0 Å². The van der Waals surface area contributed by atoms with Crippen LogP contribution in [0.1, 0.15) is 47.8 Å². The molecule has 3 aromatic carbocycles. The third-order valence-electron chi connectivity index (χ3n) is 6.17. The Hall–Kier alpha value is -4.01. The Bertz CT molecular complexity index is 1350. The summed E-state index contributed by atoms with van der Waals surface area (Å²) in [6.45, 7) is 2.40. The van der Waals surface area contributed by atoms with E-state index in [-0.39, 0.29) is 18.4 Å². The third kappa shape index (κ3) is 6.56. The zero-order chi connectivity index (χ0) is 25.3. The van der Waals surface area contributed by atoms with E-state index in [0.29, 0.717) is 13.0 Å². The fourth-order valence-corrected chi connectivity index (χ4v) is 4.35. The molecule has 0 aliphatic heterocycles. The summed E-state index contributed by atoms with van der Waals surface area (Å²) >= 11 is 0. The number of fused-ring (bicyclic) bond motifs is 1. The first-order valence-electron chi connectivity index (χ1n) is 12.1. The van der Waals surface area contributed by atoms with Gasteiger partial charge in [0.2, 0.25) is 0 Å². The summed E-state index contributed by atoms with van der Waals surface area (Å²) < 4.78 is 11.7. The SMILES string of the molecule is CC#CC(CC(=O)O)c1ccc(OC(Cc2ccccc2)c2ccc3cc(CCOC)[nH]c3c2)cc1. The van der Waals surface area contributed by atoms with Gasteiger partial charge < -0.3 is 19.6 Å². The predicted octanol–water partition coefficient (Wildman–Crippen LogP) is 6.30. The van der Waals surface area contributed by atoms with Crippen LogP contribution in [0.2, 0.25) is 0 Å². The number of nitrogens with one attached hydrogen (secondary N) is 1. The molecule has 5 heteroatoms. The number of aromatic amines is 1. The molecule has 4 aromatic rings. The second-order valence-electron chi connectivity index (χ2n) is 8.79. The van der Waals surface area contributed by atoms with E-state index in [9.17, 15) is 9.90 Å². The second-order valence-corrected chi connectivity index (χ2v) is 8.79. The third-order valence-corrected chi connectivity index (χ3v) is 6.17. The van der Waals surface area contributed by atoms with Gasteiger partial charge in [-0.15, -0.1) is 5.92 Å². The number of hydrogen-bond donors (Lipinski definition) is 2. The van der Waals surface area contributed by atoms with Gasteiger partial charge >= 0.3 is 5.97 Å². The van der Waals surface area contributed by atoms with E-state index in [1.807, 2.05) is 42.5 Å². The summed E-state index contributed by atoms with van der Waals surface area (Å²) in [7, 11) is 1.71. The van der Waals surface area contributed by atoms with Crippen molar-refractivity contribution in [1.29, 1.82) is 0 Å². The van der Waals surface area contributed by atoms with Gasteiger partial charge in [-0.2, -0.15) is 0 Å². The summed E-state index contributed by atoms with van der Waals surface area (Å²) in [5.41, 5.74) is 5.36. The van der Waals surface area contributed by atoms with Gasteiger partial charge in [0.05, 0.1) is 18.9 Å². The molecule has 0 radical (unpaired) electrons. The number of benzene rings is 3. The topological polar surface area (TPSA) is 71.6 Å². The number of methoxy groups -OCH3 is 1. The molecule has 0 aliphatic carbocycles. The molecular formula is C31H31NO4. The Labute approximate surface area is 212 Å². The highest BCUT2D eigenvalue weighted by Gasteiger charge is 2.17. The van der Waals surface area contributed by atoms with Gasteiger partial charge in [-0.05, 0) is 53.3 Å². The Morgan fingerprint density at radius 1 is 1.00 bits per heavy atom. The molecule has 0 saturated carbocycles. The minimum absolute atomic E-state index is 0.0276. The average molecular weight is 482 g/mol. The maximum absolute atomic E-state index is 11.2. The monoisotopic (exact) mass is 481 g/mol. The molecule has 184 valence electrons. The zero-order valence-electron chi connectivity index (χ0n) is 20.7. The van der Waals surface area contributed by atoms with Crippen LogP contribution >= 0.6 is 0 Å². The van der Waals surface area contributed by atoms with Crippen molar-refractivity contribution in [2.24, 2.45) is 0 Å². The lowest BCUT2D eigenvalue weighted by Gasteiger charge is -2.21. The number of aliphatic carboxylic acids is 1. The molecule has 1 heterocycles. The van der Waals surface area contributed by atoms with Crippen LogP contribution in [0.3, 0.4) is 0 Å². The first-order chi connectivity index (χ1) is 17.6. The van der Waals surface area contributed by atoms with Crippen LogP contribution in [-0.4, -0.2) is 29.8 Å². The van der Waals surface area contributed by atoms with Gasteiger partial charge in [0.25, 0.3) is 0 Å². The Morgan fingerprint density at radius 2 is 1.75 bits per heavy atom. The highest BCUT2D eigenvalue weighted by molar-refractivity contribution is 5.81. The molecule has 2 atom stereocenters. The molecular weight excluding hydrogens is 450 g/mol. The van der Waals surface area contributed by atoms with Gasteiger partial charge in [0.15, 0.2) is 0 Å². The van der Waals surface area contributed by atoms with Gasteiger partial charge in [-0.3, -0.25) is 4.79 Å². The molecule has 0 fully saturated rings. The smallest absolute Gasteiger partial charge is 0.304 e. The van der Waals surface area contributed by atoms with Crippen molar-refractivity contribution in [3.63, 3.8) is 0 Å². The van der Waals surface area contributed by atoms with Crippen molar-refractivity contribution in [2.45, 2.75) is 38.2 Å². The maximum Gasteiger partial charge on any atom is 0.304 e. The van der Waals surface area contributed by atoms with Crippen LogP contribution in [0, 0.1) is 11.8 Å². The molecule has 36 heavy (non-hydrogen) atoms. The first-order valence-corrected chi connectivity index (χ1v) is 12.1. The molecule has 0 amide bonds. The Morgan fingerprint density at radius 3 is 2.44 bits per heavy atom. The first kappa shape index (κ1) is 25.1. The maximum atomic E-state index is 11.2. The Balaban J connectivity index is 1.60. The summed E-state index contributed by atoms with van der Waals surface area (Å²) in [5.74, 6) is 5.36. The van der Waals surface area contributed by atoms with E-state index >= 15 is 0 Å². The standard InChI is InChI=1S/C31H31NO4/c1-3-7-24(21-31(33)34)23-12-14-28(15-13-23)36-30(18-22-8-5-4-6-9-22)26-11-10-25-19-27(16-17-35-2)32-29(25)20-26/h4-6,8-15,19-20,24,30,32H,16-18,21H2,1-2H3,(H,33,34). The van der Waals surface area contributed by atoms with E-state index in [1.165, 1.54) is 5.56 Å². The van der Waals surface area contributed by atoms with E-state index in [2.05, 4.69) is 53.2 Å². The lowest BCUT2D eigenvalue weighted by molar-refractivity contribution is -0.137. The number of carboxylic acids is 1. The lowest BCUT2D eigenvalue weighted by atomic mass is 9.96. The van der Waals surface area contributed by atoms with Gasteiger partial charge in [0.1, 0.15) is 11.9 Å². The van der Waals surface area contributed by atoms with Gasteiger partial charge in [-0.25, -0.2) is 0 Å². The fraction of sp³-hybridized carbons (Fsp3) is 0.258. The molecule has 4 rings (SSSR count). The van der Waals surface area contributed by atoms with Crippen LogP contribution < -0.4 is 4.74 Å². The molecule has 0 bridgehead atoms. The van der Waals surface area contributed by atoms with Crippen LogP contribution in [0.5, 0.6) is 5.75 Å².